The van der Waals surface area contributed by atoms with Gasteiger partial charge in [-0.2, -0.15) is 0 Å². The quantitative estimate of drug-likeness (QED) is 0.826. The Hall–Kier alpha value is -0.900. The molecule has 1 amide bonds. The molecule has 0 aromatic carbocycles. The Balaban J connectivity index is 2.63. The molecule has 13 heavy (non-hydrogen) atoms. The molecule has 1 rings (SSSR count). The Morgan fingerprint density at radius 1 is 1.69 bits per heavy atom. The van der Waals surface area contributed by atoms with Crippen LogP contribution in [0.3, 0.4) is 0 Å². The molecule has 0 fully saturated rings. The summed E-state index contributed by atoms with van der Waals surface area (Å²) in [7, 11) is 0. The molecule has 0 aliphatic carbocycles. The molecule has 0 bridgehead atoms. The van der Waals surface area contributed by atoms with Crippen LogP contribution in [0.2, 0.25) is 0 Å². The molecule has 0 aliphatic rings. The number of hydrogen-bond acceptors (Lipinski definition) is 2. The van der Waals surface area contributed by atoms with Crippen molar-refractivity contribution < 1.29 is 4.79 Å². The highest BCUT2D eigenvalue weighted by atomic mass is 79.9. The average molecular weight is 243 g/mol. The highest BCUT2D eigenvalue weighted by molar-refractivity contribution is 9.09. The van der Waals surface area contributed by atoms with Crippen molar-refractivity contribution in [1.82, 2.24) is 4.98 Å². The van der Waals surface area contributed by atoms with Crippen molar-refractivity contribution in [3.05, 3.63) is 24.0 Å². The molecular weight excluding hydrogens is 232 g/mol. The fourth-order valence-corrected chi connectivity index (χ4v) is 1.28. The van der Waals surface area contributed by atoms with E-state index in [-0.39, 0.29) is 5.91 Å². The van der Waals surface area contributed by atoms with Gasteiger partial charge in [0.25, 0.3) is 0 Å². The van der Waals surface area contributed by atoms with E-state index in [9.17, 15) is 4.79 Å². The number of carbonyl (C=O) groups excluding carboxylic acids is 1. The fourth-order valence-electron chi connectivity index (χ4n) is 0.915. The first kappa shape index (κ1) is 10.2. The van der Waals surface area contributed by atoms with Gasteiger partial charge in [-0.1, -0.05) is 15.9 Å². The van der Waals surface area contributed by atoms with E-state index < -0.39 is 0 Å². The lowest BCUT2D eigenvalue weighted by atomic mass is 10.3. The summed E-state index contributed by atoms with van der Waals surface area (Å²) in [5, 5.41) is 3.46. The van der Waals surface area contributed by atoms with Gasteiger partial charge in [0.1, 0.15) is 0 Å². The summed E-state index contributed by atoms with van der Waals surface area (Å²) in [5.74, 6) is 0.00738. The second kappa shape index (κ2) is 4.97. The number of rotatable bonds is 3. The minimum absolute atomic E-state index is 0.00738. The van der Waals surface area contributed by atoms with Crippen LogP contribution in [0, 0.1) is 6.92 Å². The molecule has 0 unspecified atom stereocenters. The summed E-state index contributed by atoms with van der Waals surface area (Å²) in [5.41, 5.74) is 1.62. The number of aromatic nitrogens is 1. The van der Waals surface area contributed by atoms with E-state index in [1.807, 2.05) is 13.0 Å². The third-order valence-corrected chi connectivity index (χ3v) is 2.00. The topological polar surface area (TPSA) is 42.0 Å². The lowest BCUT2D eigenvalue weighted by Crippen LogP contribution is -2.12. The van der Waals surface area contributed by atoms with Crippen LogP contribution in [0.15, 0.2) is 18.3 Å². The predicted molar refractivity (Wildman–Crippen MR) is 56.0 cm³/mol. The normalized spacial score (nSPS) is 9.69. The largest absolute Gasteiger partial charge is 0.324 e. The van der Waals surface area contributed by atoms with Crippen molar-refractivity contribution in [1.29, 1.82) is 0 Å². The number of halogens is 1. The molecule has 70 valence electrons. The van der Waals surface area contributed by atoms with E-state index in [1.165, 1.54) is 0 Å². The standard InChI is InChI=1S/C9H11BrN2O/c1-7-8(3-2-6-11-7)12-9(13)4-5-10/h2-3,6H,4-5H2,1H3,(H,12,13). The van der Waals surface area contributed by atoms with Gasteiger partial charge in [0.05, 0.1) is 11.4 Å². The van der Waals surface area contributed by atoms with Crippen molar-refractivity contribution in [2.75, 3.05) is 10.6 Å². The molecule has 1 N–H and O–H groups in total. The SMILES string of the molecule is Cc1ncccc1NC(=O)CCBr. The van der Waals surface area contributed by atoms with E-state index in [0.717, 1.165) is 11.4 Å². The van der Waals surface area contributed by atoms with E-state index in [1.54, 1.807) is 12.3 Å². The number of nitrogens with zero attached hydrogens (tertiary/aromatic N) is 1. The second-order valence-corrected chi connectivity index (χ2v) is 3.42. The number of alkyl halides is 1. The molecule has 0 saturated heterocycles. The molecule has 1 aromatic rings. The van der Waals surface area contributed by atoms with Crippen LogP contribution in [0.25, 0.3) is 0 Å². The Morgan fingerprint density at radius 2 is 2.46 bits per heavy atom. The lowest BCUT2D eigenvalue weighted by Gasteiger charge is -2.05. The Kier molecular flexibility index (Phi) is 3.89. The molecule has 0 aliphatic heterocycles. The maximum atomic E-state index is 11.2. The van der Waals surface area contributed by atoms with Gasteiger partial charge >= 0.3 is 0 Å². The zero-order valence-electron chi connectivity index (χ0n) is 7.38. The third-order valence-electron chi connectivity index (χ3n) is 1.60. The van der Waals surface area contributed by atoms with E-state index in [0.29, 0.717) is 11.8 Å². The number of anilines is 1. The minimum atomic E-state index is 0.00738. The zero-order chi connectivity index (χ0) is 9.68. The van der Waals surface area contributed by atoms with Crippen LogP contribution in [0.1, 0.15) is 12.1 Å². The maximum Gasteiger partial charge on any atom is 0.225 e. The molecule has 3 nitrogen and oxygen atoms in total. The number of amides is 1. The Bertz CT molecular complexity index is 301. The Labute approximate surface area is 85.7 Å². The molecule has 0 saturated carbocycles. The number of carbonyl (C=O) groups is 1. The van der Waals surface area contributed by atoms with Crippen LogP contribution >= 0.6 is 15.9 Å². The van der Waals surface area contributed by atoms with Crippen molar-refractivity contribution in [3.8, 4) is 0 Å². The molecule has 0 spiro atoms. The summed E-state index contributed by atoms with van der Waals surface area (Å²) < 4.78 is 0. The lowest BCUT2D eigenvalue weighted by molar-refractivity contribution is -0.115. The van der Waals surface area contributed by atoms with E-state index in [2.05, 4.69) is 26.2 Å². The number of nitrogens with one attached hydrogen (secondary N) is 1. The summed E-state index contributed by atoms with van der Waals surface area (Å²) in [6, 6.07) is 3.64. The van der Waals surface area contributed by atoms with E-state index in [4.69, 9.17) is 0 Å². The second-order valence-electron chi connectivity index (χ2n) is 2.62. The van der Waals surface area contributed by atoms with Gasteiger partial charge in [-0.25, -0.2) is 0 Å². The van der Waals surface area contributed by atoms with Gasteiger partial charge in [-0.15, -0.1) is 0 Å². The van der Waals surface area contributed by atoms with Crippen molar-refractivity contribution >= 4 is 27.5 Å². The summed E-state index contributed by atoms with van der Waals surface area (Å²) in [4.78, 5) is 15.3. The maximum absolute atomic E-state index is 11.2. The van der Waals surface area contributed by atoms with Crippen LogP contribution < -0.4 is 5.32 Å². The first-order valence-corrected chi connectivity index (χ1v) is 5.13. The molecule has 1 aromatic heterocycles. The summed E-state index contributed by atoms with van der Waals surface area (Å²) in [6.07, 6.45) is 2.18. The number of pyridine rings is 1. The van der Waals surface area contributed by atoms with Crippen molar-refractivity contribution in [2.45, 2.75) is 13.3 Å². The number of aryl methyl sites for hydroxylation is 1. The van der Waals surface area contributed by atoms with Crippen LogP contribution in [-0.4, -0.2) is 16.2 Å². The molecule has 0 atom stereocenters. The van der Waals surface area contributed by atoms with E-state index >= 15 is 0 Å². The highest BCUT2D eigenvalue weighted by Gasteiger charge is 2.02. The van der Waals surface area contributed by atoms with Crippen molar-refractivity contribution in [2.24, 2.45) is 0 Å². The fraction of sp³-hybridized carbons (Fsp3) is 0.333. The minimum Gasteiger partial charge on any atom is -0.324 e. The van der Waals surface area contributed by atoms with Crippen LogP contribution in [0.4, 0.5) is 5.69 Å². The number of hydrogen-bond donors (Lipinski definition) is 1. The van der Waals surface area contributed by atoms with Crippen LogP contribution in [-0.2, 0) is 4.79 Å². The molecular formula is C9H11BrN2O. The molecule has 4 heteroatoms. The average Bonchev–Trinajstić information content (AvgIpc) is 2.09. The van der Waals surface area contributed by atoms with Gasteiger partial charge in [0.15, 0.2) is 0 Å². The van der Waals surface area contributed by atoms with Gasteiger partial charge in [0, 0.05) is 17.9 Å². The van der Waals surface area contributed by atoms with Crippen molar-refractivity contribution in [3.63, 3.8) is 0 Å². The highest BCUT2D eigenvalue weighted by Crippen LogP contribution is 2.10. The first-order valence-electron chi connectivity index (χ1n) is 4.01. The molecule has 0 radical (unpaired) electrons. The molecule has 1 heterocycles. The summed E-state index contributed by atoms with van der Waals surface area (Å²) in [6.45, 7) is 1.86. The zero-order valence-corrected chi connectivity index (χ0v) is 8.97. The van der Waals surface area contributed by atoms with Crippen LogP contribution in [0.5, 0.6) is 0 Å². The predicted octanol–water partition coefficient (Wildman–Crippen LogP) is 2.11. The van der Waals surface area contributed by atoms with Gasteiger partial charge in [-0.05, 0) is 19.1 Å². The summed E-state index contributed by atoms with van der Waals surface area (Å²) >= 11 is 3.21. The van der Waals surface area contributed by atoms with Gasteiger partial charge < -0.3 is 5.32 Å². The smallest absolute Gasteiger partial charge is 0.225 e. The monoisotopic (exact) mass is 242 g/mol. The van der Waals surface area contributed by atoms with Gasteiger partial charge in [-0.3, -0.25) is 9.78 Å². The first-order chi connectivity index (χ1) is 6.24. The Morgan fingerprint density at radius 3 is 3.08 bits per heavy atom. The van der Waals surface area contributed by atoms with Gasteiger partial charge in [0.2, 0.25) is 5.91 Å². The third kappa shape index (κ3) is 3.14.